The van der Waals surface area contributed by atoms with Crippen LogP contribution in [-0.2, 0) is 9.59 Å². The summed E-state index contributed by atoms with van der Waals surface area (Å²) >= 11 is 11.8. The van der Waals surface area contributed by atoms with E-state index in [0.717, 1.165) is 19.3 Å². The maximum Gasteiger partial charge on any atom is 0.307 e. The first-order chi connectivity index (χ1) is 9.97. The van der Waals surface area contributed by atoms with E-state index in [2.05, 4.69) is 5.32 Å². The topological polar surface area (TPSA) is 66.4 Å². The Kier molecular flexibility index (Phi) is 3.84. The Hall–Kier alpha value is -1.26. The summed E-state index contributed by atoms with van der Waals surface area (Å²) in [7, 11) is 0. The number of carboxylic acids is 1. The number of anilines is 1. The molecular formula is C15H15Cl2NO3. The lowest BCUT2D eigenvalue weighted by atomic mass is 9.78. The summed E-state index contributed by atoms with van der Waals surface area (Å²) < 4.78 is 0. The number of carbonyl (C=O) groups excluding carboxylic acids is 1. The molecule has 0 unspecified atom stereocenters. The van der Waals surface area contributed by atoms with Crippen molar-refractivity contribution in [1.29, 1.82) is 0 Å². The maximum atomic E-state index is 12.5. The maximum absolute atomic E-state index is 12.5. The monoisotopic (exact) mass is 327 g/mol. The molecule has 2 bridgehead atoms. The number of fused-ring (bicyclic) bond motifs is 2. The fraction of sp³-hybridized carbons (Fsp3) is 0.467. The zero-order chi connectivity index (χ0) is 15.1. The Balaban J connectivity index is 1.78. The molecule has 2 aliphatic carbocycles. The molecule has 4 nitrogen and oxygen atoms in total. The molecule has 0 spiro atoms. The van der Waals surface area contributed by atoms with Gasteiger partial charge in [-0.3, -0.25) is 9.59 Å². The molecule has 0 aliphatic heterocycles. The molecule has 2 saturated carbocycles. The minimum Gasteiger partial charge on any atom is -0.481 e. The third-order valence-corrected chi connectivity index (χ3v) is 5.43. The van der Waals surface area contributed by atoms with Crippen LogP contribution in [0.2, 0.25) is 10.0 Å². The van der Waals surface area contributed by atoms with Crippen molar-refractivity contribution in [3.8, 4) is 0 Å². The molecule has 0 radical (unpaired) electrons. The first kappa shape index (κ1) is 14.7. The Morgan fingerprint density at radius 3 is 2.38 bits per heavy atom. The second kappa shape index (κ2) is 5.50. The van der Waals surface area contributed by atoms with Gasteiger partial charge in [0, 0.05) is 5.69 Å². The Morgan fingerprint density at radius 1 is 1.10 bits per heavy atom. The average Bonchev–Trinajstić information content (AvgIpc) is 3.03. The predicted octanol–water partition coefficient (Wildman–Crippen LogP) is 3.68. The van der Waals surface area contributed by atoms with E-state index in [-0.39, 0.29) is 17.7 Å². The molecule has 2 N–H and O–H groups in total. The first-order valence-electron chi connectivity index (χ1n) is 6.96. The van der Waals surface area contributed by atoms with Crippen LogP contribution < -0.4 is 5.32 Å². The van der Waals surface area contributed by atoms with Crippen molar-refractivity contribution in [1.82, 2.24) is 0 Å². The Labute approximate surface area is 132 Å². The van der Waals surface area contributed by atoms with Gasteiger partial charge in [-0.25, -0.2) is 0 Å². The van der Waals surface area contributed by atoms with Gasteiger partial charge in [-0.2, -0.15) is 0 Å². The zero-order valence-electron chi connectivity index (χ0n) is 11.2. The van der Waals surface area contributed by atoms with Crippen LogP contribution in [0.25, 0.3) is 0 Å². The highest BCUT2D eigenvalue weighted by atomic mass is 35.5. The number of benzene rings is 1. The summed E-state index contributed by atoms with van der Waals surface area (Å²) in [5, 5.41) is 12.9. The van der Waals surface area contributed by atoms with E-state index in [9.17, 15) is 14.7 Å². The van der Waals surface area contributed by atoms with Crippen LogP contribution in [0.1, 0.15) is 19.3 Å². The van der Waals surface area contributed by atoms with Crippen LogP contribution in [0.15, 0.2) is 18.2 Å². The molecule has 0 saturated heterocycles. The van der Waals surface area contributed by atoms with Gasteiger partial charge in [0.1, 0.15) is 0 Å². The van der Waals surface area contributed by atoms with E-state index in [1.807, 2.05) is 0 Å². The highest BCUT2D eigenvalue weighted by molar-refractivity contribution is 6.42. The van der Waals surface area contributed by atoms with Gasteiger partial charge in [0.15, 0.2) is 0 Å². The van der Waals surface area contributed by atoms with Gasteiger partial charge in [0.05, 0.1) is 21.9 Å². The van der Waals surface area contributed by atoms with E-state index in [4.69, 9.17) is 23.2 Å². The fourth-order valence-electron chi connectivity index (χ4n) is 3.82. The van der Waals surface area contributed by atoms with Crippen molar-refractivity contribution in [3.63, 3.8) is 0 Å². The van der Waals surface area contributed by atoms with Crippen molar-refractivity contribution in [2.45, 2.75) is 19.3 Å². The van der Waals surface area contributed by atoms with Crippen molar-refractivity contribution in [2.75, 3.05) is 5.32 Å². The summed E-state index contributed by atoms with van der Waals surface area (Å²) in [6, 6.07) is 4.84. The van der Waals surface area contributed by atoms with Crippen molar-refractivity contribution >= 4 is 40.8 Å². The number of aliphatic carboxylic acids is 1. The lowest BCUT2D eigenvalue weighted by Gasteiger charge is -2.27. The summed E-state index contributed by atoms with van der Waals surface area (Å²) in [6.07, 6.45) is 2.70. The van der Waals surface area contributed by atoms with Gasteiger partial charge in [-0.05, 0) is 49.3 Å². The van der Waals surface area contributed by atoms with Crippen LogP contribution in [0, 0.1) is 23.7 Å². The summed E-state index contributed by atoms with van der Waals surface area (Å²) in [5.41, 5.74) is 0.543. The molecular weight excluding hydrogens is 313 g/mol. The number of amides is 1. The lowest BCUT2D eigenvalue weighted by molar-refractivity contribution is -0.148. The molecule has 112 valence electrons. The van der Waals surface area contributed by atoms with Crippen LogP contribution in [0.5, 0.6) is 0 Å². The van der Waals surface area contributed by atoms with Crippen molar-refractivity contribution in [3.05, 3.63) is 28.2 Å². The minimum atomic E-state index is -0.864. The van der Waals surface area contributed by atoms with Gasteiger partial charge in [-0.1, -0.05) is 23.2 Å². The first-order valence-corrected chi connectivity index (χ1v) is 7.71. The number of hydrogen-bond acceptors (Lipinski definition) is 2. The van der Waals surface area contributed by atoms with E-state index < -0.39 is 17.8 Å². The Bertz CT molecular complexity index is 605. The molecule has 6 heteroatoms. The SMILES string of the molecule is O=C(Nc1ccc(Cl)c(Cl)c1)[C@@H]1[C@@H]2CC[C@@H](C2)[C@@H]1C(=O)O. The van der Waals surface area contributed by atoms with Gasteiger partial charge in [0.25, 0.3) is 0 Å². The summed E-state index contributed by atoms with van der Waals surface area (Å²) in [6.45, 7) is 0. The van der Waals surface area contributed by atoms with E-state index >= 15 is 0 Å². The third kappa shape index (κ3) is 2.62. The predicted molar refractivity (Wildman–Crippen MR) is 80.5 cm³/mol. The Morgan fingerprint density at radius 2 is 1.76 bits per heavy atom. The number of hydrogen-bond donors (Lipinski definition) is 2. The number of halogens is 2. The van der Waals surface area contributed by atoms with Crippen LogP contribution >= 0.6 is 23.2 Å². The quantitative estimate of drug-likeness (QED) is 0.889. The molecule has 3 rings (SSSR count). The molecule has 21 heavy (non-hydrogen) atoms. The number of carbonyl (C=O) groups is 2. The zero-order valence-corrected chi connectivity index (χ0v) is 12.7. The van der Waals surface area contributed by atoms with Crippen LogP contribution in [0.3, 0.4) is 0 Å². The average molecular weight is 328 g/mol. The molecule has 0 heterocycles. The summed E-state index contributed by atoms with van der Waals surface area (Å²) in [5.74, 6) is -1.79. The lowest BCUT2D eigenvalue weighted by Crippen LogP contribution is -2.37. The van der Waals surface area contributed by atoms with E-state index in [0.29, 0.717) is 15.7 Å². The summed E-state index contributed by atoms with van der Waals surface area (Å²) in [4.78, 5) is 23.9. The van der Waals surface area contributed by atoms with E-state index in [1.54, 1.807) is 18.2 Å². The standard InChI is InChI=1S/C15H15Cl2NO3/c16-10-4-3-9(6-11(10)17)18-14(19)12-7-1-2-8(5-7)13(12)15(20)21/h3-4,6-8,12-13H,1-2,5H2,(H,18,19)(H,20,21)/t7-,8+,12-,13+/m1/s1. The third-order valence-electron chi connectivity index (χ3n) is 4.69. The fourth-order valence-corrected chi connectivity index (χ4v) is 4.12. The van der Waals surface area contributed by atoms with Crippen LogP contribution in [0.4, 0.5) is 5.69 Å². The largest absolute Gasteiger partial charge is 0.481 e. The van der Waals surface area contributed by atoms with Crippen molar-refractivity contribution in [2.24, 2.45) is 23.7 Å². The number of nitrogens with one attached hydrogen (secondary N) is 1. The second-order valence-electron chi connectivity index (χ2n) is 5.84. The van der Waals surface area contributed by atoms with Gasteiger partial charge < -0.3 is 10.4 Å². The normalized spacial score (nSPS) is 30.4. The second-order valence-corrected chi connectivity index (χ2v) is 6.66. The van der Waals surface area contributed by atoms with Crippen LogP contribution in [-0.4, -0.2) is 17.0 Å². The van der Waals surface area contributed by atoms with Gasteiger partial charge in [0.2, 0.25) is 5.91 Å². The van der Waals surface area contributed by atoms with Crippen molar-refractivity contribution < 1.29 is 14.7 Å². The van der Waals surface area contributed by atoms with E-state index in [1.165, 1.54) is 0 Å². The molecule has 0 aromatic heterocycles. The molecule has 1 aromatic rings. The highest BCUT2D eigenvalue weighted by Crippen LogP contribution is 2.52. The molecule has 1 aromatic carbocycles. The highest BCUT2D eigenvalue weighted by Gasteiger charge is 2.53. The minimum absolute atomic E-state index is 0.136. The molecule has 1 amide bonds. The smallest absolute Gasteiger partial charge is 0.307 e. The number of carboxylic acid groups (broad SMARTS) is 1. The number of rotatable bonds is 3. The van der Waals surface area contributed by atoms with Gasteiger partial charge in [-0.15, -0.1) is 0 Å². The molecule has 2 aliphatic rings. The van der Waals surface area contributed by atoms with Gasteiger partial charge >= 0.3 is 5.97 Å². The molecule has 4 atom stereocenters. The molecule has 2 fully saturated rings.